The van der Waals surface area contributed by atoms with E-state index < -0.39 is 0 Å². The molecular formula is C18H17ClN4O2S. The Balaban J connectivity index is 1.70. The van der Waals surface area contributed by atoms with Crippen molar-refractivity contribution in [3.8, 4) is 17.1 Å². The number of aromatic nitrogens is 3. The van der Waals surface area contributed by atoms with Gasteiger partial charge >= 0.3 is 0 Å². The molecule has 0 fully saturated rings. The third-order valence-electron chi connectivity index (χ3n) is 3.57. The Morgan fingerprint density at radius 1 is 1.27 bits per heavy atom. The van der Waals surface area contributed by atoms with Crippen molar-refractivity contribution in [3.05, 3.63) is 53.6 Å². The third-order valence-corrected chi connectivity index (χ3v) is 4.77. The van der Waals surface area contributed by atoms with Crippen LogP contribution in [0.5, 0.6) is 5.75 Å². The monoisotopic (exact) mass is 388 g/mol. The molecule has 2 N–H and O–H groups in total. The van der Waals surface area contributed by atoms with Crippen LogP contribution >= 0.6 is 23.4 Å². The number of hydrogen-bond acceptors (Lipinski definition) is 5. The van der Waals surface area contributed by atoms with Crippen LogP contribution in [-0.4, -0.2) is 33.4 Å². The molecule has 1 aromatic heterocycles. The summed E-state index contributed by atoms with van der Waals surface area (Å²) in [7, 11) is 1.58. The molecule has 1 amide bonds. The number of rotatable bonds is 6. The van der Waals surface area contributed by atoms with Gasteiger partial charge in [0.1, 0.15) is 5.75 Å². The van der Waals surface area contributed by atoms with E-state index >= 15 is 0 Å². The fourth-order valence-corrected chi connectivity index (χ4v) is 3.16. The van der Waals surface area contributed by atoms with E-state index in [9.17, 15) is 4.79 Å². The lowest BCUT2D eigenvalue weighted by molar-refractivity contribution is -0.115. The second-order valence-corrected chi connectivity index (χ2v) is 7.17. The van der Waals surface area contributed by atoms with Gasteiger partial charge in [0.25, 0.3) is 0 Å². The fraction of sp³-hybridized carbons (Fsp3) is 0.167. The molecule has 134 valence electrons. The third kappa shape index (κ3) is 4.36. The molecule has 26 heavy (non-hydrogen) atoms. The highest BCUT2D eigenvalue weighted by molar-refractivity contribution is 8.00. The van der Waals surface area contributed by atoms with E-state index in [1.54, 1.807) is 32.2 Å². The van der Waals surface area contributed by atoms with E-state index in [4.69, 9.17) is 16.3 Å². The van der Waals surface area contributed by atoms with Crippen molar-refractivity contribution in [3.63, 3.8) is 0 Å². The summed E-state index contributed by atoms with van der Waals surface area (Å²) in [6.45, 7) is 1.80. The zero-order valence-electron chi connectivity index (χ0n) is 14.2. The predicted octanol–water partition coefficient (Wildman–Crippen LogP) is 4.25. The topological polar surface area (TPSA) is 79.9 Å². The fourth-order valence-electron chi connectivity index (χ4n) is 2.26. The van der Waals surface area contributed by atoms with Crippen LogP contribution in [0.1, 0.15) is 6.92 Å². The van der Waals surface area contributed by atoms with Gasteiger partial charge < -0.3 is 10.1 Å². The van der Waals surface area contributed by atoms with Crippen LogP contribution in [0.2, 0.25) is 5.02 Å². The van der Waals surface area contributed by atoms with Crippen molar-refractivity contribution in [2.24, 2.45) is 0 Å². The zero-order valence-corrected chi connectivity index (χ0v) is 15.8. The van der Waals surface area contributed by atoms with Crippen LogP contribution in [0.25, 0.3) is 11.4 Å². The number of amides is 1. The second kappa shape index (κ2) is 8.25. The number of nitrogens with one attached hydrogen (secondary N) is 2. The molecular weight excluding hydrogens is 372 g/mol. The van der Waals surface area contributed by atoms with Gasteiger partial charge in [-0.15, -0.1) is 5.10 Å². The van der Waals surface area contributed by atoms with E-state index in [-0.39, 0.29) is 11.2 Å². The van der Waals surface area contributed by atoms with Crippen molar-refractivity contribution in [2.45, 2.75) is 17.3 Å². The lowest BCUT2D eigenvalue weighted by Crippen LogP contribution is -2.22. The Labute approximate surface area is 160 Å². The number of halogens is 1. The van der Waals surface area contributed by atoms with Crippen LogP contribution in [-0.2, 0) is 4.79 Å². The van der Waals surface area contributed by atoms with E-state index in [0.717, 1.165) is 5.69 Å². The summed E-state index contributed by atoms with van der Waals surface area (Å²) in [5.41, 5.74) is 1.46. The number of aromatic amines is 1. The number of carbonyl (C=O) groups is 1. The van der Waals surface area contributed by atoms with Gasteiger partial charge in [0, 0.05) is 10.7 Å². The van der Waals surface area contributed by atoms with Gasteiger partial charge in [0.2, 0.25) is 11.1 Å². The quantitative estimate of drug-likeness (QED) is 0.617. The van der Waals surface area contributed by atoms with Gasteiger partial charge in [-0.1, -0.05) is 41.6 Å². The molecule has 0 aliphatic rings. The number of H-pyrrole nitrogens is 1. The van der Waals surface area contributed by atoms with Gasteiger partial charge in [-0.05, 0) is 37.3 Å². The highest BCUT2D eigenvalue weighted by Crippen LogP contribution is 2.31. The minimum atomic E-state index is -0.361. The first-order chi connectivity index (χ1) is 12.6. The molecule has 6 nitrogen and oxygen atoms in total. The highest BCUT2D eigenvalue weighted by Gasteiger charge is 2.18. The van der Waals surface area contributed by atoms with E-state index in [1.165, 1.54) is 11.8 Å². The molecule has 0 aliphatic carbocycles. The smallest absolute Gasteiger partial charge is 0.237 e. The average Bonchev–Trinajstić information content (AvgIpc) is 3.10. The summed E-state index contributed by atoms with van der Waals surface area (Å²) in [6, 6.07) is 14.6. The van der Waals surface area contributed by atoms with Gasteiger partial charge in [0.05, 0.1) is 17.9 Å². The molecule has 3 aromatic rings. The first-order valence-electron chi connectivity index (χ1n) is 7.85. The Hall–Kier alpha value is -2.51. The predicted molar refractivity (Wildman–Crippen MR) is 104 cm³/mol. The van der Waals surface area contributed by atoms with Crippen LogP contribution in [0.3, 0.4) is 0 Å². The maximum absolute atomic E-state index is 12.3. The maximum atomic E-state index is 12.3. The molecule has 3 rings (SSSR count). The van der Waals surface area contributed by atoms with Gasteiger partial charge in [-0.2, -0.15) is 0 Å². The molecule has 0 unspecified atom stereocenters. The summed E-state index contributed by atoms with van der Waals surface area (Å²) in [4.78, 5) is 16.7. The molecule has 1 heterocycles. The number of carbonyl (C=O) groups excluding carboxylic acids is 1. The average molecular weight is 389 g/mol. The number of anilines is 1. The molecule has 2 aromatic carbocycles. The standard InChI is InChI=1S/C18H17ClN4O2S/c1-11(17(24)20-13-6-4-3-5-7-13)26-18-21-16(22-23-18)14-10-12(19)8-9-15(14)25-2/h3-11H,1-2H3,(H,20,24)(H,21,22,23)/t11-/m1/s1. The van der Waals surface area contributed by atoms with Gasteiger partial charge in [0.15, 0.2) is 5.82 Å². The van der Waals surface area contributed by atoms with Crippen molar-refractivity contribution in [1.29, 1.82) is 0 Å². The lowest BCUT2D eigenvalue weighted by Gasteiger charge is -2.09. The molecule has 0 spiro atoms. The summed E-state index contributed by atoms with van der Waals surface area (Å²) in [5.74, 6) is 1.05. The number of para-hydroxylation sites is 1. The van der Waals surface area contributed by atoms with Crippen molar-refractivity contribution >= 4 is 35.0 Å². The van der Waals surface area contributed by atoms with Crippen LogP contribution in [0.15, 0.2) is 53.7 Å². The summed E-state index contributed by atoms with van der Waals surface area (Å²) in [5, 5.41) is 10.6. The Kier molecular flexibility index (Phi) is 5.80. The largest absolute Gasteiger partial charge is 0.496 e. The van der Waals surface area contributed by atoms with Crippen LogP contribution in [0.4, 0.5) is 5.69 Å². The SMILES string of the molecule is COc1ccc(Cl)cc1-c1nc(S[C@H](C)C(=O)Nc2ccccc2)n[nH]1. The Morgan fingerprint density at radius 2 is 2.04 bits per heavy atom. The lowest BCUT2D eigenvalue weighted by atomic mass is 10.2. The molecule has 0 saturated heterocycles. The second-order valence-electron chi connectivity index (χ2n) is 5.43. The Bertz CT molecular complexity index is 901. The van der Waals surface area contributed by atoms with E-state index in [0.29, 0.717) is 27.3 Å². The molecule has 0 radical (unpaired) electrons. The number of methoxy groups -OCH3 is 1. The highest BCUT2D eigenvalue weighted by atomic mass is 35.5. The van der Waals surface area contributed by atoms with E-state index in [2.05, 4.69) is 20.5 Å². The number of ether oxygens (including phenoxy) is 1. The summed E-state index contributed by atoms with van der Waals surface area (Å²) in [6.07, 6.45) is 0. The molecule has 0 saturated carbocycles. The van der Waals surface area contributed by atoms with Crippen LogP contribution < -0.4 is 10.1 Å². The number of hydrogen-bond donors (Lipinski definition) is 2. The first-order valence-corrected chi connectivity index (χ1v) is 9.11. The van der Waals surface area contributed by atoms with Crippen LogP contribution in [0, 0.1) is 0 Å². The van der Waals surface area contributed by atoms with Crippen molar-refractivity contribution in [2.75, 3.05) is 12.4 Å². The molecule has 8 heteroatoms. The number of thioether (sulfide) groups is 1. The maximum Gasteiger partial charge on any atom is 0.237 e. The van der Waals surface area contributed by atoms with Gasteiger partial charge in [-0.3, -0.25) is 9.89 Å². The van der Waals surface area contributed by atoms with Crippen molar-refractivity contribution < 1.29 is 9.53 Å². The minimum Gasteiger partial charge on any atom is -0.496 e. The molecule has 0 bridgehead atoms. The molecule has 0 aliphatic heterocycles. The normalized spacial score (nSPS) is 11.8. The number of nitrogens with zero attached hydrogens (tertiary/aromatic N) is 2. The minimum absolute atomic E-state index is 0.118. The molecule has 1 atom stereocenters. The summed E-state index contributed by atoms with van der Waals surface area (Å²) >= 11 is 7.32. The number of benzene rings is 2. The first kappa shape index (κ1) is 18.3. The van der Waals surface area contributed by atoms with E-state index in [1.807, 2.05) is 30.3 Å². The van der Waals surface area contributed by atoms with Gasteiger partial charge in [-0.25, -0.2) is 4.98 Å². The Morgan fingerprint density at radius 3 is 2.77 bits per heavy atom. The zero-order chi connectivity index (χ0) is 18.5. The summed E-state index contributed by atoms with van der Waals surface area (Å²) < 4.78 is 5.33. The van der Waals surface area contributed by atoms with Crippen molar-refractivity contribution in [1.82, 2.24) is 15.2 Å².